The molecule has 1 aromatic heterocycles. The van der Waals surface area contributed by atoms with Gasteiger partial charge in [-0.05, 0) is 74.7 Å². The van der Waals surface area contributed by atoms with E-state index in [2.05, 4.69) is 27.7 Å². The quantitative estimate of drug-likeness (QED) is 0.662. The number of carbonyl (C=O) groups is 1. The second-order valence-corrected chi connectivity index (χ2v) is 7.71. The molecule has 1 amide bonds. The zero-order valence-corrected chi connectivity index (χ0v) is 13.6. The maximum atomic E-state index is 12.2. The van der Waals surface area contributed by atoms with Crippen molar-refractivity contribution in [3.8, 4) is 0 Å². The largest absolute Gasteiger partial charge is 0.268 e. The minimum Gasteiger partial charge on any atom is -0.268 e. The van der Waals surface area contributed by atoms with Crippen molar-refractivity contribution in [2.45, 2.75) is 45.4 Å². The van der Waals surface area contributed by atoms with Crippen LogP contribution in [0, 0.1) is 23.2 Å². The van der Waals surface area contributed by atoms with E-state index in [9.17, 15) is 4.79 Å². The van der Waals surface area contributed by atoms with Crippen LogP contribution in [0.1, 0.15) is 45.4 Å². The lowest BCUT2D eigenvalue weighted by atomic mass is 9.48. The summed E-state index contributed by atoms with van der Waals surface area (Å²) in [5.74, 6) is 2.96. The Bertz CT molecular complexity index is 590. The van der Waals surface area contributed by atoms with Gasteiger partial charge in [-0.15, -0.1) is 0 Å². The van der Waals surface area contributed by atoms with Crippen LogP contribution in [0.25, 0.3) is 0 Å². The molecule has 122 valence electrons. The van der Waals surface area contributed by atoms with Crippen molar-refractivity contribution < 1.29 is 4.79 Å². The van der Waals surface area contributed by atoms with Crippen molar-refractivity contribution in [3.05, 3.63) is 30.1 Å². The fraction of sp³-hybridized carbons (Fsp3) is 0.611. The number of nitrogens with zero attached hydrogens (tertiary/aromatic N) is 2. The molecule has 4 fully saturated rings. The highest BCUT2D eigenvalue weighted by Crippen LogP contribution is 2.62. The summed E-state index contributed by atoms with van der Waals surface area (Å²) < 4.78 is 0. The minimum absolute atomic E-state index is 0.120. The first kappa shape index (κ1) is 14.7. The molecule has 5 nitrogen and oxygen atoms in total. The molecular weight excluding hydrogens is 288 g/mol. The number of hydrazine groups is 1. The molecule has 1 aromatic rings. The minimum atomic E-state index is -0.120. The topological polar surface area (TPSA) is 66.9 Å². The SMILES string of the molecule is C/C(=C\C(=O)NNc1ncccn1)C12CC3CC(CC(C3)C1)C2. The zero-order chi connectivity index (χ0) is 15.9. The molecule has 0 radical (unpaired) electrons. The van der Waals surface area contributed by atoms with E-state index in [4.69, 9.17) is 0 Å². The summed E-state index contributed by atoms with van der Waals surface area (Å²) in [7, 11) is 0. The van der Waals surface area contributed by atoms with Crippen molar-refractivity contribution in [1.29, 1.82) is 0 Å². The molecule has 0 unspecified atom stereocenters. The van der Waals surface area contributed by atoms with Gasteiger partial charge in [-0.2, -0.15) is 0 Å². The smallest absolute Gasteiger partial charge is 0.262 e. The highest BCUT2D eigenvalue weighted by Gasteiger charge is 2.51. The zero-order valence-electron chi connectivity index (χ0n) is 13.6. The Hall–Kier alpha value is -1.91. The Balaban J connectivity index is 1.43. The monoisotopic (exact) mass is 312 g/mol. The van der Waals surface area contributed by atoms with E-state index in [0.29, 0.717) is 5.95 Å². The van der Waals surface area contributed by atoms with Gasteiger partial charge in [0.15, 0.2) is 0 Å². The van der Waals surface area contributed by atoms with Crippen LogP contribution in [0.5, 0.6) is 0 Å². The third-order valence-electron chi connectivity index (χ3n) is 6.09. The summed E-state index contributed by atoms with van der Waals surface area (Å²) in [6.45, 7) is 2.14. The molecule has 4 bridgehead atoms. The van der Waals surface area contributed by atoms with Gasteiger partial charge in [-0.3, -0.25) is 15.6 Å². The van der Waals surface area contributed by atoms with E-state index in [0.717, 1.165) is 17.8 Å². The van der Waals surface area contributed by atoms with Gasteiger partial charge in [0, 0.05) is 18.5 Å². The van der Waals surface area contributed by atoms with Gasteiger partial charge in [0.1, 0.15) is 0 Å². The molecule has 1 heterocycles. The molecule has 0 atom stereocenters. The number of anilines is 1. The van der Waals surface area contributed by atoms with Crippen molar-refractivity contribution >= 4 is 11.9 Å². The van der Waals surface area contributed by atoms with Crippen molar-refractivity contribution in [3.63, 3.8) is 0 Å². The van der Waals surface area contributed by atoms with Crippen molar-refractivity contribution in [2.24, 2.45) is 23.2 Å². The average Bonchev–Trinajstić information content (AvgIpc) is 2.52. The van der Waals surface area contributed by atoms with Gasteiger partial charge in [0.2, 0.25) is 5.95 Å². The lowest BCUT2D eigenvalue weighted by Crippen LogP contribution is -2.46. The van der Waals surface area contributed by atoms with Gasteiger partial charge >= 0.3 is 0 Å². The van der Waals surface area contributed by atoms with Crippen LogP contribution in [0.4, 0.5) is 5.95 Å². The van der Waals surface area contributed by atoms with Gasteiger partial charge in [0.05, 0.1) is 0 Å². The number of aromatic nitrogens is 2. The number of carbonyl (C=O) groups excluding carboxylic acids is 1. The molecule has 2 N–H and O–H groups in total. The standard InChI is InChI=1S/C18H24N4O/c1-12(5-16(23)21-22-17-19-3-2-4-20-17)18-9-13-6-14(10-18)8-15(7-13)11-18/h2-5,13-15H,6-11H2,1H3,(H,21,23)(H,19,20,22)/b12-5+. The second kappa shape index (κ2) is 5.62. The first-order valence-corrected chi connectivity index (χ1v) is 8.65. The van der Waals surface area contributed by atoms with Crippen LogP contribution in [0.15, 0.2) is 30.1 Å². The van der Waals surface area contributed by atoms with E-state index in [1.165, 1.54) is 44.1 Å². The van der Waals surface area contributed by atoms with E-state index >= 15 is 0 Å². The summed E-state index contributed by atoms with van der Waals surface area (Å²) in [5.41, 5.74) is 6.97. The summed E-state index contributed by atoms with van der Waals surface area (Å²) in [6, 6.07) is 1.74. The van der Waals surface area contributed by atoms with Crippen molar-refractivity contribution in [2.75, 3.05) is 5.43 Å². The van der Waals surface area contributed by atoms with Crippen LogP contribution < -0.4 is 10.9 Å². The van der Waals surface area contributed by atoms with Crippen LogP contribution in [0.3, 0.4) is 0 Å². The predicted molar refractivity (Wildman–Crippen MR) is 88.2 cm³/mol. The molecular formula is C18H24N4O. The number of hydrogen-bond donors (Lipinski definition) is 2. The Morgan fingerprint density at radius 2 is 1.70 bits per heavy atom. The molecule has 5 heteroatoms. The Morgan fingerprint density at radius 1 is 1.13 bits per heavy atom. The number of nitrogens with one attached hydrogen (secondary N) is 2. The van der Waals surface area contributed by atoms with Crippen LogP contribution in [-0.4, -0.2) is 15.9 Å². The summed E-state index contributed by atoms with van der Waals surface area (Å²) >= 11 is 0. The summed E-state index contributed by atoms with van der Waals surface area (Å²) in [6.07, 6.45) is 13.2. The Labute approximate surface area is 137 Å². The Kier molecular flexibility index (Phi) is 3.58. The second-order valence-electron chi connectivity index (χ2n) is 7.71. The lowest BCUT2D eigenvalue weighted by molar-refractivity contribution is -0.116. The first-order valence-electron chi connectivity index (χ1n) is 8.65. The fourth-order valence-corrected chi connectivity index (χ4v) is 5.46. The fourth-order valence-electron chi connectivity index (χ4n) is 5.46. The van der Waals surface area contributed by atoms with E-state index < -0.39 is 0 Å². The van der Waals surface area contributed by atoms with E-state index in [1.54, 1.807) is 24.5 Å². The molecule has 0 aromatic carbocycles. The molecule has 0 aliphatic heterocycles. The third kappa shape index (κ3) is 2.84. The number of amides is 1. The van der Waals surface area contributed by atoms with Gasteiger partial charge in [-0.1, -0.05) is 5.57 Å². The molecule has 4 aliphatic carbocycles. The summed E-state index contributed by atoms with van der Waals surface area (Å²) in [5, 5.41) is 0. The van der Waals surface area contributed by atoms with Gasteiger partial charge in [-0.25, -0.2) is 9.97 Å². The number of allylic oxidation sites excluding steroid dienone is 1. The lowest BCUT2D eigenvalue weighted by Gasteiger charge is -2.57. The highest BCUT2D eigenvalue weighted by atomic mass is 16.2. The normalized spacial score (nSPS) is 35.2. The molecule has 0 saturated heterocycles. The maximum Gasteiger partial charge on any atom is 0.262 e. The Morgan fingerprint density at radius 3 is 2.26 bits per heavy atom. The molecule has 5 rings (SSSR count). The number of rotatable bonds is 4. The third-order valence-corrected chi connectivity index (χ3v) is 6.09. The van der Waals surface area contributed by atoms with Crippen LogP contribution in [-0.2, 0) is 4.79 Å². The van der Waals surface area contributed by atoms with E-state index in [1.807, 2.05) is 0 Å². The average molecular weight is 312 g/mol. The summed E-state index contributed by atoms with van der Waals surface area (Å²) in [4.78, 5) is 20.3. The molecule has 0 spiro atoms. The van der Waals surface area contributed by atoms with Crippen LogP contribution in [0.2, 0.25) is 0 Å². The molecule has 4 saturated carbocycles. The predicted octanol–water partition coefficient (Wildman–Crippen LogP) is 3.08. The first-order chi connectivity index (χ1) is 11.1. The van der Waals surface area contributed by atoms with E-state index in [-0.39, 0.29) is 11.3 Å². The van der Waals surface area contributed by atoms with Gasteiger partial charge < -0.3 is 0 Å². The van der Waals surface area contributed by atoms with Crippen LogP contribution >= 0.6 is 0 Å². The molecule has 4 aliphatic rings. The number of hydrogen-bond acceptors (Lipinski definition) is 4. The van der Waals surface area contributed by atoms with Crippen molar-refractivity contribution in [1.82, 2.24) is 15.4 Å². The van der Waals surface area contributed by atoms with Gasteiger partial charge in [0.25, 0.3) is 5.91 Å². The molecule has 23 heavy (non-hydrogen) atoms. The highest BCUT2D eigenvalue weighted by molar-refractivity contribution is 5.89. The maximum absolute atomic E-state index is 12.2.